The van der Waals surface area contributed by atoms with Gasteiger partial charge in [-0.25, -0.2) is 0 Å². The van der Waals surface area contributed by atoms with E-state index < -0.39 is 11.7 Å². The molecule has 1 aliphatic heterocycles. The van der Waals surface area contributed by atoms with Crippen molar-refractivity contribution in [3.63, 3.8) is 0 Å². The van der Waals surface area contributed by atoms with Gasteiger partial charge in [0.2, 0.25) is 0 Å². The summed E-state index contributed by atoms with van der Waals surface area (Å²) in [5.41, 5.74) is 2.56. The maximum Gasteiger partial charge on any atom is 0.417 e. The Bertz CT molecular complexity index is 1660. The Labute approximate surface area is 248 Å². The van der Waals surface area contributed by atoms with Gasteiger partial charge < -0.3 is 24.0 Å². The maximum atomic E-state index is 14.1. The van der Waals surface area contributed by atoms with Gasteiger partial charge in [0.1, 0.15) is 11.4 Å². The minimum absolute atomic E-state index is 0.0310. The van der Waals surface area contributed by atoms with Gasteiger partial charge >= 0.3 is 6.18 Å². The van der Waals surface area contributed by atoms with Crippen LogP contribution >= 0.6 is 0 Å². The van der Waals surface area contributed by atoms with E-state index in [2.05, 4.69) is 0 Å². The highest BCUT2D eigenvalue weighted by molar-refractivity contribution is 6.07. The molecule has 5 rings (SSSR count). The molecular formula is C33H33F3N4O3. The zero-order valence-corrected chi connectivity index (χ0v) is 24.5. The molecule has 0 radical (unpaired) electrons. The molecule has 0 saturated carbocycles. The fraction of sp³-hybridized carbons (Fsp3) is 0.273. The third-order valence-electron chi connectivity index (χ3n) is 7.67. The smallest absolute Gasteiger partial charge is 0.417 e. The maximum absolute atomic E-state index is 14.1. The highest BCUT2D eigenvalue weighted by atomic mass is 19.4. The largest absolute Gasteiger partial charge is 0.496 e. The van der Waals surface area contributed by atoms with Gasteiger partial charge in [-0.1, -0.05) is 36.4 Å². The van der Waals surface area contributed by atoms with Gasteiger partial charge in [0.05, 0.1) is 25.8 Å². The number of benzene rings is 3. The quantitative estimate of drug-likeness (QED) is 0.264. The number of likely N-dealkylation sites (N-methyl/N-ethyl adjacent to an activating group) is 2. The van der Waals surface area contributed by atoms with Crippen molar-refractivity contribution in [2.75, 3.05) is 46.2 Å². The Hall–Kier alpha value is -4.57. The summed E-state index contributed by atoms with van der Waals surface area (Å²) in [5.74, 6) is -0.292. The second-order valence-electron chi connectivity index (χ2n) is 10.8. The molecule has 3 aromatic carbocycles. The first-order valence-corrected chi connectivity index (χ1v) is 13.8. The van der Waals surface area contributed by atoms with E-state index in [9.17, 15) is 22.8 Å². The van der Waals surface area contributed by atoms with Crippen molar-refractivity contribution in [1.29, 1.82) is 0 Å². The molecule has 7 nitrogen and oxygen atoms in total. The van der Waals surface area contributed by atoms with Crippen molar-refractivity contribution in [2.45, 2.75) is 19.3 Å². The first kappa shape index (κ1) is 29.9. The first-order valence-electron chi connectivity index (χ1n) is 13.8. The number of methoxy groups -OCH3 is 1. The van der Waals surface area contributed by atoms with Crippen molar-refractivity contribution in [3.8, 4) is 16.9 Å². The number of hydrogen-bond acceptors (Lipinski definition) is 4. The molecule has 224 valence electrons. The normalized spacial score (nSPS) is 12.9. The molecule has 2 heterocycles. The molecule has 0 N–H and O–H groups in total. The number of alkyl halides is 3. The Morgan fingerprint density at radius 2 is 1.58 bits per heavy atom. The molecule has 0 spiro atoms. The molecule has 0 unspecified atom stereocenters. The van der Waals surface area contributed by atoms with Crippen molar-refractivity contribution in [2.24, 2.45) is 0 Å². The van der Waals surface area contributed by atoms with E-state index in [-0.39, 0.29) is 40.8 Å². The van der Waals surface area contributed by atoms with E-state index in [1.165, 1.54) is 43.5 Å². The number of carbonyl (C=O) groups excluding carboxylic acids is 2. The molecular weight excluding hydrogens is 557 g/mol. The molecule has 10 heteroatoms. The van der Waals surface area contributed by atoms with Crippen LogP contribution in [0.15, 0.2) is 78.9 Å². The lowest BCUT2D eigenvalue weighted by Gasteiger charge is -2.23. The van der Waals surface area contributed by atoms with E-state index in [0.29, 0.717) is 24.5 Å². The van der Waals surface area contributed by atoms with E-state index >= 15 is 0 Å². The summed E-state index contributed by atoms with van der Waals surface area (Å²) < 4.78 is 48.7. The summed E-state index contributed by atoms with van der Waals surface area (Å²) in [6.45, 7) is 1.90. The van der Waals surface area contributed by atoms with Crippen LogP contribution in [0.1, 0.15) is 37.7 Å². The highest BCUT2D eigenvalue weighted by Crippen LogP contribution is 2.41. The van der Waals surface area contributed by atoms with Crippen LogP contribution < -0.4 is 9.64 Å². The number of anilines is 1. The molecule has 0 fully saturated rings. The zero-order valence-electron chi connectivity index (χ0n) is 24.5. The number of nitrogens with zero attached hydrogens (tertiary/aromatic N) is 4. The number of para-hydroxylation sites is 1. The molecule has 2 amide bonds. The summed E-state index contributed by atoms with van der Waals surface area (Å²) in [6.07, 6.45) is -4.55. The highest BCUT2D eigenvalue weighted by Gasteiger charge is 2.34. The van der Waals surface area contributed by atoms with Crippen LogP contribution in [0, 0.1) is 0 Å². The summed E-state index contributed by atoms with van der Waals surface area (Å²) in [4.78, 5) is 32.8. The number of halogens is 3. The van der Waals surface area contributed by atoms with Crippen molar-refractivity contribution < 1.29 is 27.5 Å². The molecule has 1 aromatic heterocycles. The van der Waals surface area contributed by atoms with Crippen LogP contribution in [0.3, 0.4) is 0 Å². The lowest BCUT2D eigenvalue weighted by molar-refractivity contribution is -0.137. The Kier molecular flexibility index (Phi) is 8.32. The van der Waals surface area contributed by atoms with Crippen molar-refractivity contribution in [1.82, 2.24) is 14.4 Å². The monoisotopic (exact) mass is 590 g/mol. The third kappa shape index (κ3) is 6.01. The molecule has 4 aromatic rings. The average Bonchev–Trinajstić information content (AvgIpc) is 3.31. The van der Waals surface area contributed by atoms with Crippen LogP contribution in [0.4, 0.5) is 18.9 Å². The minimum Gasteiger partial charge on any atom is -0.496 e. The van der Waals surface area contributed by atoms with Crippen LogP contribution in [-0.4, -0.2) is 67.5 Å². The predicted octanol–water partition coefficient (Wildman–Crippen LogP) is 6.02. The van der Waals surface area contributed by atoms with E-state index in [1.807, 2.05) is 53.9 Å². The molecule has 0 saturated heterocycles. The summed E-state index contributed by atoms with van der Waals surface area (Å²) in [7, 11) is 7.05. The van der Waals surface area contributed by atoms with Gasteiger partial charge in [-0.3, -0.25) is 9.59 Å². The lowest BCUT2D eigenvalue weighted by Crippen LogP contribution is -2.34. The zero-order chi connectivity index (χ0) is 30.9. The standard InChI is InChI=1S/C33H33F3N4O3/c1-37(2)17-18-38(3)32(42)29-16-14-24-21-40(28-12-8-5-9-23(28)20-39(24)29)31(41)22-13-15-26(30(19-22)43-4)25-10-6-7-11-27(25)33(34,35)36/h5-16,19H,17-18,20-21H2,1-4H3. The SMILES string of the molecule is COc1cc(C(=O)N2Cc3ccc(C(=O)N(C)CCN(C)C)n3Cc3ccccc32)ccc1-c1ccccc1C(F)(F)F. The van der Waals surface area contributed by atoms with Gasteiger partial charge in [0.25, 0.3) is 11.8 Å². The second kappa shape index (κ2) is 12.0. The van der Waals surface area contributed by atoms with Gasteiger partial charge in [-0.05, 0) is 67.7 Å². The lowest BCUT2D eigenvalue weighted by atomic mass is 9.97. The summed E-state index contributed by atoms with van der Waals surface area (Å²) in [6, 6.07) is 20.9. The van der Waals surface area contributed by atoms with E-state index in [1.54, 1.807) is 22.9 Å². The van der Waals surface area contributed by atoms with Crippen LogP contribution in [0.2, 0.25) is 0 Å². The third-order valence-corrected chi connectivity index (χ3v) is 7.67. The van der Waals surface area contributed by atoms with Gasteiger partial charge in [-0.2, -0.15) is 13.2 Å². The van der Waals surface area contributed by atoms with Gasteiger partial charge in [0, 0.05) is 42.6 Å². The summed E-state index contributed by atoms with van der Waals surface area (Å²) in [5, 5.41) is 0. The van der Waals surface area contributed by atoms with Crippen LogP contribution in [0.5, 0.6) is 5.75 Å². The van der Waals surface area contributed by atoms with Gasteiger partial charge in [-0.15, -0.1) is 0 Å². The Morgan fingerprint density at radius 3 is 2.30 bits per heavy atom. The first-order chi connectivity index (χ1) is 20.5. The predicted molar refractivity (Wildman–Crippen MR) is 159 cm³/mol. The number of carbonyl (C=O) groups is 2. The van der Waals surface area contributed by atoms with Gasteiger partial charge in [0.15, 0.2) is 0 Å². The van der Waals surface area contributed by atoms with E-state index in [4.69, 9.17) is 4.74 Å². The number of amides is 2. The Morgan fingerprint density at radius 1 is 0.860 bits per heavy atom. The molecule has 0 atom stereocenters. The topological polar surface area (TPSA) is 58.0 Å². The van der Waals surface area contributed by atoms with Crippen LogP contribution in [-0.2, 0) is 19.3 Å². The Balaban J connectivity index is 1.51. The van der Waals surface area contributed by atoms with E-state index in [0.717, 1.165) is 23.9 Å². The molecule has 43 heavy (non-hydrogen) atoms. The average molecular weight is 591 g/mol. The molecule has 1 aliphatic rings. The van der Waals surface area contributed by atoms with Crippen molar-refractivity contribution >= 4 is 17.5 Å². The van der Waals surface area contributed by atoms with Crippen LogP contribution in [0.25, 0.3) is 11.1 Å². The van der Waals surface area contributed by atoms with Crippen molar-refractivity contribution in [3.05, 3.63) is 107 Å². The number of aromatic nitrogens is 1. The number of ether oxygens (including phenoxy) is 1. The fourth-order valence-electron chi connectivity index (χ4n) is 5.34. The number of rotatable bonds is 7. The molecule has 0 aliphatic carbocycles. The minimum atomic E-state index is -4.55. The second-order valence-corrected chi connectivity index (χ2v) is 10.8. The number of fused-ring (bicyclic) bond motifs is 2. The molecule has 0 bridgehead atoms. The fourth-order valence-corrected chi connectivity index (χ4v) is 5.34. The summed E-state index contributed by atoms with van der Waals surface area (Å²) >= 11 is 0. The number of hydrogen-bond donors (Lipinski definition) is 0.